The molecule has 0 aliphatic rings. The van der Waals surface area contributed by atoms with Gasteiger partial charge in [-0.15, -0.1) is 0 Å². The van der Waals surface area contributed by atoms with Gasteiger partial charge >= 0.3 is 0 Å². The SMILES string of the molecule is CC(NC(=O)c1cc2ccc(C(C)(C)C)cc2[nH]1)C(=O)NCc1ccco1. The molecule has 0 saturated heterocycles. The Morgan fingerprint density at radius 2 is 1.96 bits per heavy atom. The molecule has 0 radical (unpaired) electrons. The number of H-pyrrole nitrogens is 1. The first-order valence-corrected chi connectivity index (χ1v) is 8.98. The van der Waals surface area contributed by atoms with Gasteiger partial charge in [-0.1, -0.05) is 32.9 Å². The number of furan rings is 1. The number of aromatic amines is 1. The minimum absolute atomic E-state index is 0.0301. The minimum Gasteiger partial charge on any atom is -0.467 e. The van der Waals surface area contributed by atoms with Gasteiger partial charge in [0, 0.05) is 10.9 Å². The third kappa shape index (κ3) is 4.39. The third-order valence-electron chi connectivity index (χ3n) is 4.49. The zero-order valence-electron chi connectivity index (χ0n) is 16.1. The zero-order valence-corrected chi connectivity index (χ0v) is 16.1. The van der Waals surface area contributed by atoms with Gasteiger partial charge in [0.25, 0.3) is 5.91 Å². The summed E-state index contributed by atoms with van der Waals surface area (Å²) in [6, 6.07) is 10.8. The van der Waals surface area contributed by atoms with E-state index < -0.39 is 6.04 Å². The van der Waals surface area contributed by atoms with Gasteiger partial charge in [-0.2, -0.15) is 0 Å². The van der Waals surface area contributed by atoms with E-state index in [1.54, 1.807) is 31.4 Å². The molecule has 1 atom stereocenters. The lowest BCUT2D eigenvalue weighted by molar-refractivity contribution is -0.122. The quantitative estimate of drug-likeness (QED) is 0.645. The lowest BCUT2D eigenvalue weighted by atomic mass is 9.87. The third-order valence-corrected chi connectivity index (χ3v) is 4.49. The van der Waals surface area contributed by atoms with Crippen molar-refractivity contribution in [2.75, 3.05) is 0 Å². The number of amides is 2. The minimum atomic E-state index is -0.663. The number of hydrogen-bond acceptors (Lipinski definition) is 3. The van der Waals surface area contributed by atoms with Crippen LogP contribution < -0.4 is 10.6 Å². The molecule has 3 rings (SSSR count). The summed E-state index contributed by atoms with van der Waals surface area (Å²) in [7, 11) is 0. The number of aromatic nitrogens is 1. The van der Waals surface area contributed by atoms with E-state index in [4.69, 9.17) is 4.42 Å². The number of rotatable bonds is 5. The summed E-state index contributed by atoms with van der Waals surface area (Å²) in [6.07, 6.45) is 1.55. The maximum atomic E-state index is 12.5. The second kappa shape index (κ2) is 7.31. The number of carbonyl (C=O) groups excluding carboxylic acids is 2. The van der Waals surface area contributed by atoms with Crippen LogP contribution in [0.15, 0.2) is 47.1 Å². The largest absolute Gasteiger partial charge is 0.467 e. The molecule has 2 heterocycles. The number of nitrogens with one attached hydrogen (secondary N) is 3. The van der Waals surface area contributed by atoms with Gasteiger partial charge in [-0.05, 0) is 42.2 Å². The Morgan fingerprint density at radius 1 is 1.19 bits per heavy atom. The molecule has 1 unspecified atom stereocenters. The molecule has 0 saturated carbocycles. The molecular weight excluding hydrogens is 342 g/mol. The molecule has 1 aromatic carbocycles. The molecule has 3 aromatic rings. The van der Waals surface area contributed by atoms with Crippen LogP contribution in [0, 0.1) is 0 Å². The Labute approximate surface area is 158 Å². The molecule has 0 aliphatic heterocycles. The van der Waals surface area contributed by atoms with Crippen molar-refractivity contribution in [2.45, 2.75) is 45.7 Å². The van der Waals surface area contributed by atoms with Crippen molar-refractivity contribution in [1.82, 2.24) is 15.6 Å². The van der Waals surface area contributed by atoms with E-state index in [1.165, 1.54) is 5.56 Å². The highest BCUT2D eigenvalue weighted by molar-refractivity contribution is 6.00. The molecule has 6 heteroatoms. The summed E-state index contributed by atoms with van der Waals surface area (Å²) in [6.45, 7) is 8.37. The predicted octanol–water partition coefficient (Wildman–Crippen LogP) is 3.49. The van der Waals surface area contributed by atoms with E-state index >= 15 is 0 Å². The second-order valence-corrected chi connectivity index (χ2v) is 7.73. The van der Waals surface area contributed by atoms with Crippen molar-refractivity contribution in [2.24, 2.45) is 0 Å². The standard InChI is InChI=1S/C21H25N3O3/c1-13(19(25)22-12-16-6-5-9-27-16)23-20(26)18-10-14-7-8-15(21(2,3)4)11-17(14)24-18/h5-11,13,24H,12H2,1-4H3,(H,22,25)(H,23,26). The Hall–Kier alpha value is -3.02. The first-order valence-electron chi connectivity index (χ1n) is 8.98. The van der Waals surface area contributed by atoms with Crippen LogP contribution in [0.25, 0.3) is 10.9 Å². The van der Waals surface area contributed by atoms with Gasteiger partial charge in [0.2, 0.25) is 5.91 Å². The molecule has 27 heavy (non-hydrogen) atoms. The first-order chi connectivity index (χ1) is 12.7. The van der Waals surface area contributed by atoms with Crippen LogP contribution in [0.2, 0.25) is 0 Å². The average molecular weight is 367 g/mol. The molecular formula is C21H25N3O3. The highest BCUT2D eigenvalue weighted by atomic mass is 16.3. The van der Waals surface area contributed by atoms with Gasteiger partial charge in [0.15, 0.2) is 0 Å². The van der Waals surface area contributed by atoms with Crippen molar-refractivity contribution < 1.29 is 14.0 Å². The smallest absolute Gasteiger partial charge is 0.268 e. The van der Waals surface area contributed by atoms with Crippen molar-refractivity contribution in [3.05, 3.63) is 59.7 Å². The second-order valence-electron chi connectivity index (χ2n) is 7.73. The van der Waals surface area contributed by atoms with Crippen molar-refractivity contribution >= 4 is 22.7 Å². The zero-order chi connectivity index (χ0) is 19.6. The normalized spacial score (nSPS) is 12.7. The van der Waals surface area contributed by atoms with Crippen molar-refractivity contribution in [3.63, 3.8) is 0 Å². The van der Waals surface area contributed by atoms with Crippen LogP contribution in [0.5, 0.6) is 0 Å². The van der Waals surface area contributed by atoms with Gasteiger partial charge in [0.05, 0.1) is 12.8 Å². The number of benzene rings is 1. The molecule has 142 valence electrons. The number of fused-ring (bicyclic) bond motifs is 1. The van der Waals surface area contributed by atoms with Gasteiger partial charge in [-0.25, -0.2) is 0 Å². The van der Waals surface area contributed by atoms with Crippen LogP contribution in [-0.4, -0.2) is 22.8 Å². The van der Waals surface area contributed by atoms with Gasteiger partial charge < -0.3 is 20.0 Å². The van der Waals surface area contributed by atoms with Gasteiger partial charge in [-0.3, -0.25) is 9.59 Å². The Morgan fingerprint density at radius 3 is 2.63 bits per heavy atom. The lowest BCUT2D eigenvalue weighted by Gasteiger charge is -2.18. The van der Waals surface area contributed by atoms with Crippen molar-refractivity contribution in [3.8, 4) is 0 Å². The van der Waals surface area contributed by atoms with Crippen LogP contribution in [-0.2, 0) is 16.8 Å². The summed E-state index contributed by atoms with van der Waals surface area (Å²) in [5.41, 5.74) is 2.56. The molecule has 0 aliphatic carbocycles. The summed E-state index contributed by atoms with van der Waals surface area (Å²) in [5.74, 6) is 0.0715. The van der Waals surface area contributed by atoms with E-state index in [0.717, 1.165) is 10.9 Å². The summed E-state index contributed by atoms with van der Waals surface area (Å²) < 4.78 is 5.17. The molecule has 0 fully saturated rings. The predicted molar refractivity (Wildman–Crippen MR) is 104 cm³/mol. The highest BCUT2D eigenvalue weighted by Gasteiger charge is 2.19. The van der Waals surface area contributed by atoms with Crippen LogP contribution in [0.1, 0.15) is 49.5 Å². The fourth-order valence-corrected chi connectivity index (χ4v) is 2.80. The Bertz CT molecular complexity index is 949. The Balaban J connectivity index is 1.65. The van der Waals surface area contributed by atoms with Crippen LogP contribution in [0.4, 0.5) is 0 Å². The maximum Gasteiger partial charge on any atom is 0.268 e. The van der Waals surface area contributed by atoms with Crippen LogP contribution >= 0.6 is 0 Å². The monoisotopic (exact) mass is 367 g/mol. The molecule has 3 N–H and O–H groups in total. The Kier molecular flexibility index (Phi) is 5.08. The fraction of sp³-hybridized carbons (Fsp3) is 0.333. The first kappa shape index (κ1) is 18.8. The average Bonchev–Trinajstić information content (AvgIpc) is 3.27. The maximum absolute atomic E-state index is 12.5. The van der Waals surface area contributed by atoms with Crippen molar-refractivity contribution in [1.29, 1.82) is 0 Å². The van der Waals surface area contributed by atoms with Gasteiger partial charge in [0.1, 0.15) is 17.5 Å². The molecule has 0 bridgehead atoms. The molecule has 2 amide bonds. The lowest BCUT2D eigenvalue weighted by Crippen LogP contribution is -2.44. The number of hydrogen-bond donors (Lipinski definition) is 3. The molecule has 6 nitrogen and oxygen atoms in total. The van der Waals surface area contributed by atoms with E-state index in [-0.39, 0.29) is 23.8 Å². The molecule has 2 aromatic heterocycles. The summed E-state index contributed by atoms with van der Waals surface area (Å²) >= 11 is 0. The summed E-state index contributed by atoms with van der Waals surface area (Å²) in [4.78, 5) is 27.8. The van der Waals surface area contributed by atoms with E-state index in [0.29, 0.717) is 11.5 Å². The van der Waals surface area contributed by atoms with E-state index in [1.807, 2.05) is 6.07 Å². The van der Waals surface area contributed by atoms with Crippen LogP contribution in [0.3, 0.4) is 0 Å². The topological polar surface area (TPSA) is 87.1 Å². The number of carbonyl (C=O) groups is 2. The van der Waals surface area contributed by atoms with E-state index in [9.17, 15) is 9.59 Å². The molecule has 0 spiro atoms. The fourth-order valence-electron chi connectivity index (χ4n) is 2.80. The highest BCUT2D eigenvalue weighted by Crippen LogP contribution is 2.26. The van der Waals surface area contributed by atoms with E-state index in [2.05, 4.69) is 48.5 Å². The summed E-state index contributed by atoms with van der Waals surface area (Å²) in [5, 5.41) is 6.41.